The molecular weight excluding hydrogens is 440 g/mol. The van der Waals surface area contributed by atoms with Crippen molar-refractivity contribution in [2.45, 2.75) is 38.1 Å². The largest absolute Gasteiger partial charge is 0.350 e. The number of carbonyl (C=O) groups excluding carboxylic acids is 1. The van der Waals surface area contributed by atoms with Crippen LogP contribution in [0.4, 0.5) is 5.69 Å². The lowest BCUT2D eigenvalue weighted by molar-refractivity contribution is 0.0939. The summed E-state index contributed by atoms with van der Waals surface area (Å²) in [5.74, 6) is -0.405. The van der Waals surface area contributed by atoms with Crippen molar-refractivity contribution in [2.75, 3.05) is 4.72 Å². The lowest BCUT2D eigenvalue weighted by Crippen LogP contribution is -2.32. The summed E-state index contributed by atoms with van der Waals surface area (Å²) in [6.07, 6.45) is 0.754. The topological polar surface area (TPSA) is 75.3 Å². The molecule has 2 rings (SSSR count). The van der Waals surface area contributed by atoms with Crippen molar-refractivity contribution in [3.63, 3.8) is 0 Å². The minimum Gasteiger partial charge on any atom is -0.350 e. The van der Waals surface area contributed by atoms with Crippen LogP contribution in [0.15, 0.2) is 45.8 Å². The fraction of sp³-hybridized carbons (Fsp3) is 0.278. The van der Waals surface area contributed by atoms with Gasteiger partial charge in [-0.1, -0.05) is 24.6 Å². The van der Waals surface area contributed by atoms with Crippen LogP contribution < -0.4 is 10.0 Å². The van der Waals surface area contributed by atoms with E-state index in [0.29, 0.717) is 10.2 Å². The van der Waals surface area contributed by atoms with Crippen LogP contribution in [0.1, 0.15) is 36.2 Å². The van der Waals surface area contributed by atoms with Gasteiger partial charge in [-0.05, 0) is 72.1 Å². The predicted octanol–water partition coefficient (Wildman–Crippen LogP) is 4.74. The molecule has 0 radical (unpaired) electrons. The standard InChI is InChI=1S/C18H20BrClN2O3S/c1-4-12(3)21-18(23)14-10-13(6-8-16(14)20)26(24,25)22-17-9-11(2)5-7-15(17)19/h5-10,12,22H,4H2,1-3H3,(H,21,23). The van der Waals surface area contributed by atoms with Crippen molar-refractivity contribution in [1.29, 1.82) is 0 Å². The molecule has 1 atom stereocenters. The summed E-state index contributed by atoms with van der Waals surface area (Å²) in [7, 11) is -3.88. The van der Waals surface area contributed by atoms with E-state index in [1.54, 1.807) is 12.1 Å². The van der Waals surface area contributed by atoms with Gasteiger partial charge in [0.15, 0.2) is 0 Å². The van der Waals surface area contributed by atoms with Crippen LogP contribution in [-0.2, 0) is 10.0 Å². The minimum absolute atomic E-state index is 0.0374. The Morgan fingerprint density at radius 2 is 1.92 bits per heavy atom. The van der Waals surface area contributed by atoms with Gasteiger partial charge in [0, 0.05) is 10.5 Å². The third-order valence-electron chi connectivity index (χ3n) is 3.85. The number of halogens is 2. The molecule has 0 heterocycles. The number of hydrogen-bond acceptors (Lipinski definition) is 3. The maximum atomic E-state index is 12.7. The summed E-state index contributed by atoms with van der Waals surface area (Å²) in [5.41, 5.74) is 1.46. The smallest absolute Gasteiger partial charge is 0.261 e. The molecule has 2 aromatic rings. The molecular formula is C18H20BrClN2O3S. The third-order valence-corrected chi connectivity index (χ3v) is 6.23. The minimum atomic E-state index is -3.88. The third kappa shape index (κ3) is 4.99. The van der Waals surface area contributed by atoms with Gasteiger partial charge in [-0.2, -0.15) is 0 Å². The number of carbonyl (C=O) groups is 1. The van der Waals surface area contributed by atoms with Crippen molar-refractivity contribution < 1.29 is 13.2 Å². The lowest BCUT2D eigenvalue weighted by Gasteiger charge is -2.14. The number of sulfonamides is 1. The first-order valence-electron chi connectivity index (χ1n) is 8.03. The fourth-order valence-corrected chi connectivity index (χ4v) is 3.95. The Morgan fingerprint density at radius 1 is 1.23 bits per heavy atom. The Labute approximate surface area is 167 Å². The summed E-state index contributed by atoms with van der Waals surface area (Å²) in [6.45, 7) is 5.67. The van der Waals surface area contributed by atoms with Crippen LogP contribution in [-0.4, -0.2) is 20.4 Å². The SMILES string of the molecule is CCC(C)NC(=O)c1cc(S(=O)(=O)Nc2cc(C)ccc2Br)ccc1Cl. The van der Waals surface area contributed by atoms with Gasteiger partial charge < -0.3 is 5.32 Å². The summed E-state index contributed by atoms with van der Waals surface area (Å²) in [6, 6.07) is 9.36. The van der Waals surface area contributed by atoms with Gasteiger partial charge in [0.2, 0.25) is 0 Å². The zero-order chi connectivity index (χ0) is 19.5. The van der Waals surface area contributed by atoms with Gasteiger partial charge in [-0.3, -0.25) is 9.52 Å². The van der Waals surface area contributed by atoms with Crippen LogP contribution in [0.5, 0.6) is 0 Å². The average Bonchev–Trinajstić information content (AvgIpc) is 2.57. The van der Waals surface area contributed by atoms with E-state index < -0.39 is 15.9 Å². The van der Waals surface area contributed by atoms with Gasteiger partial charge in [0.25, 0.3) is 15.9 Å². The Kier molecular flexibility index (Phi) is 6.71. The van der Waals surface area contributed by atoms with Gasteiger partial charge in [-0.15, -0.1) is 0 Å². The van der Waals surface area contributed by atoms with Crippen molar-refractivity contribution in [1.82, 2.24) is 5.32 Å². The summed E-state index contributed by atoms with van der Waals surface area (Å²) in [5, 5.41) is 2.98. The number of aryl methyl sites for hydroxylation is 1. The van der Waals surface area contributed by atoms with Crippen LogP contribution in [0.3, 0.4) is 0 Å². The highest BCUT2D eigenvalue weighted by molar-refractivity contribution is 9.10. The molecule has 5 nitrogen and oxygen atoms in total. The second-order valence-electron chi connectivity index (χ2n) is 6.01. The molecule has 26 heavy (non-hydrogen) atoms. The molecule has 0 bridgehead atoms. The Hall–Kier alpha value is -1.57. The van der Waals surface area contributed by atoms with Gasteiger partial charge in [0.1, 0.15) is 0 Å². The van der Waals surface area contributed by atoms with Gasteiger partial charge >= 0.3 is 0 Å². The number of rotatable bonds is 6. The molecule has 0 aliphatic carbocycles. The molecule has 0 aliphatic heterocycles. The average molecular weight is 460 g/mol. The Morgan fingerprint density at radius 3 is 2.58 bits per heavy atom. The molecule has 140 valence electrons. The number of amides is 1. The summed E-state index contributed by atoms with van der Waals surface area (Å²) < 4.78 is 28.6. The van der Waals surface area contributed by atoms with Crippen LogP contribution >= 0.6 is 27.5 Å². The first-order chi connectivity index (χ1) is 12.1. The van der Waals surface area contributed by atoms with Crippen LogP contribution in [0.25, 0.3) is 0 Å². The number of benzene rings is 2. The Bertz CT molecular complexity index is 932. The van der Waals surface area contributed by atoms with Crippen molar-refractivity contribution >= 4 is 49.1 Å². The Balaban J connectivity index is 2.37. The summed E-state index contributed by atoms with van der Waals surface area (Å²) >= 11 is 9.42. The zero-order valence-electron chi connectivity index (χ0n) is 14.6. The van der Waals surface area contributed by atoms with Crippen LogP contribution in [0, 0.1) is 6.92 Å². The lowest BCUT2D eigenvalue weighted by atomic mass is 10.2. The predicted molar refractivity (Wildman–Crippen MR) is 108 cm³/mol. The molecule has 2 N–H and O–H groups in total. The van der Waals surface area contributed by atoms with E-state index in [0.717, 1.165) is 12.0 Å². The van der Waals surface area contributed by atoms with E-state index >= 15 is 0 Å². The van der Waals surface area contributed by atoms with Crippen molar-refractivity contribution in [3.05, 3.63) is 57.0 Å². The second kappa shape index (κ2) is 8.41. The highest BCUT2D eigenvalue weighted by Gasteiger charge is 2.20. The highest BCUT2D eigenvalue weighted by atomic mass is 79.9. The van der Waals surface area contributed by atoms with E-state index in [-0.39, 0.29) is 21.5 Å². The molecule has 1 amide bonds. The van der Waals surface area contributed by atoms with Crippen LogP contribution in [0.2, 0.25) is 5.02 Å². The van der Waals surface area contributed by atoms with E-state index in [2.05, 4.69) is 26.0 Å². The normalized spacial score (nSPS) is 12.5. The molecule has 0 saturated carbocycles. The molecule has 2 aromatic carbocycles. The van der Waals surface area contributed by atoms with E-state index in [9.17, 15) is 13.2 Å². The maximum Gasteiger partial charge on any atom is 0.261 e. The zero-order valence-corrected chi connectivity index (χ0v) is 17.8. The monoisotopic (exact) mass is 458 g/mol. The molecule has 1 unspecified atom stereocenters. The number of anilines is 1. The maximum absolute atomic E-state index is 12.7. The van der Waals surface area contributed by atoms with Crippen molar-refractivity contribution in [3.8, 4) is 0 Å². The number of hydrogen-bond donors (Lipinski definition) is 2. The molecule has 0 saturated heterocycles. The molecule has 0 aromatic heterocycles. The van der Waals surface area contributed by atoms with E-state index in [4.69, 9.17) is 11.6 Å². The first-order valence-corrected chi connectivity index (χ1v) is 10.7. The number of nitrogens with one attached hydrogen (secondary N) is 2. The molecule has 0 aliphatic rings. The molecule has 8 heteroatoms. The highest BCUT2D eigenvalue weighted by Crippen LogP contribution is 2.27. The fourth-order valence-electron chi connectivity index (χ4n) is 2.17. The van der Waals surface area contributed by atoms with E-state index in [1.807, 2.05) is 26.8 Å². The van der Waals surface area contributed by atoms with Gasteiger partial charge in [0.05, 0.1) is 21.2 Å². The molecule has 0 spiro atoms. The van der Waals surface area contributed by atoms with E-state index in [1.165, 1.54) is 18.2 Å². The quantitative estimate of drug-likeness (QED) is 0.655. The summed E-state index contributed by atoms with van der Waals surface area (Å²) in [4.78, 5) is 12.3. The second-order valence-corrected chi connectivity index (χ2v) is 8.96. The van der Waals surface area contributed by atoms with Gasteiger partial charge in [-0.25, -0.2) is 8.42 Å². The molecule has 0 fully saturated rings. The first kappa shape index (κ1) is 20.7. The van der Waals surface area contributed by atoms with Crippen molar-refractivity contribution in [2.24, 2.45) is 0 Å².